The van der Waals surface area contributed by atoms with Crippen LogP contribution in [0.1, 0.15) is 6.92 Å². The fourth-order valence-electron chi connectivity index (χ4n) is 1.31. The number of ether oxygens (including phenoxy) is 2. The first kappa shape index (κ1) is 15.2. The Balaban J connectivity index is 2.18. The quantitative estimate of drug-likeness (QED) is 0.578. The van der Waals surface area contributed by atoms with Crippen molar-refractivity contribution in [1.29, 1.82) is 0 Å². The van der Waals surface area contributed by atoms with Crippen molar-refractivity contribution >= 4 is 5.91 Å². The van der Waals surface area contributed by atoms with Gasteiger partial charge >= 0.3 is 0 Å². The smallest absolute Gasteiger partial charge is 0.248 e. The topological polar surface area (TPSA) is 47.6 Å². The maximum Gasteiger partial charge on any atom is 0.248 e. The second kappa shape index (κ2) is 8.26. The van der Waals surface area contributed by atoms with Crippen LogP contribution in [0.4, 0.5) is 4.39 Å². The number of carbonyl (C=O) groups excluding carboxylic acids is 1. The van der Waals surface area contributed by atoms with E-state index in [1.807, 2.05) is 0 Å². The highest BCUT2D eigenvalue weighted by Gasteiger charge is 2.11. The third-order valence-corrected chi connectivity index (χ3v) is 2.32. The molecule has 0 spiro atoms. The van der Waals surface area contributed by atoms with Gasteiger partial charge in [0.2, 0.25) is 5.91 Å². The van der Waals surface area contributed by atoms with Gasteiger partial charge in [0.15, 0.2) is 0 Å². The Labute approximate surface area is 112 Å². The summed E-state index contributed by atoms with van der Waals surface area (Å²) in [4.78, 5) is 11.5. The third-order valence-electron chi connectivity index (χ3n) is 2.32. The summed E-state index contributed by atoms with van der Waals surface area (Å²) in [5, 5.41) is 2.68. The first-order valence-electron chi connectivity index (χ1n) is 6.02. The summed E-state index contributed by atoms with van der Waals surface area (Å²) in [5.41, 5.74) is 0. The lowest BCUT2D eigenvalue weighted by atomic mass is 10.3. The molecule has 1 aromatic rings. The summed E-state index contributed by atoms with van der Waals surface area (Å²) >= 11 is 0. The first-order valence-corrected chi connectivity index (χ1v) is 6.02. The first-order chi connectivity index (χ1) is 9.13. The van der Waals surface area contributed by atoms with Crippen LogP contribution < -0.4 is 10.1 Å². The molecule has 0 aliphatic carbocycles. The molecule has 5 heteroatoms. The Hall–Kier alpha value is -1.88. The highest BCUT2D eigenvalue weighted by atomic mass is 19.1. The lowest BCUT2D eigenvalue weighted by Crippen LogP contribution is -2.36. The molecule has 0 heterocycles. The van der Waals surface area contributed by atoms with Gasteiger partial charge in [0.1, 0.15) is 24.3 Å². The number of benzene rings is 1. The normalized spacial score (nSPS) is 11.7. The average molecular weight is 267 g/mol. The second-order valence-corrected chi connectivity index (χ2v) is 3.86. The molecule has 1 amide bonds. The van der Waals surface area contributed by atoms with Crippen molar-refractivity contribution in [2.75, 3.05) is 19.8 Å². The number of hydrogen-bond acceptors (Lipinski definition) is 3. The molecule has 0 unspecified atom stereocenters. The van der Waals surface area contributed by atoms with Gasteiger partial charge in [-0.3, -0.25) is 4.79 Å². The maximum absolute atomic E-state index is 12.6. The summed E-state index contributed by atoms with van der Waals surface area (Å²) in [7, 11) is 0. The van der Waals surface area contributed by atoms with E-state index in [0.29, 0.717) is 25.5 Å². The van der Waals surface area contributed by atoms with E-state index in [-0.39, 0.29) is 11.7 Å². The van der Waals surface area contributed by atoms with E-state index in [2.05, 4.69) is 11.9 Å². The van der Waals surface area contributed by atoms with Crippen LogP contribution in [0.15, 0.2) is 36.9 Å². The minimum atomic E-state index is -0.524. The van der Waals surface area contributed by atoms with E-state index >= 15 is 0 Å². The average Bonchev–Trinajstić information content (AvgIpc) is 2.42. The standard InChI is InChI=1S/C14H18FNO3/c1-3-9-18-11(2)14(17)16-8-10-19-13-6-4-12(15)5-7-13/h3-7,11H,1,8-10H2,2H3,(H,16,17)/t11-/m0/s1. The van der Waals surface area contributed by atoms with Crippen molar-refractivity contribution in [3.63, 3.8) is 0 Å². The molecular formula is C14H18FNO3. The van der Waals surface area contributed by atoms with Crippen LogP contribution in [0, 0.1) is 5.82 Å². The molecule has 1 rings (SSSR count). The van der Waals surface area contributed by atoms with Gasteiger partial charge in [0.05, 0.1) is 13.2 Å². The van der Waals surface area contributed by atoms with E-state index in [4.69, 9.17) is 9.47 Å². The van der Waals surface area contributed by atoms with Crippen LogP contribution in [-0.2, 0) is 9.53 Å². The summed E-state index contributed by atoms with van der Waals surface area (Å²) in [6.45, 7) is 6.17. The highest BCUT2D eigenvalue weighted by molar-refractivity contribution is 5.80. The Morgan fingerprint density at radius 1 is 1.47 bits per heavy atom. The van der Waals surface area contributed by atoms with Crippen LogP contribution in [-0.4, -0.2) is 31.8 Å². The summed E-state index contributed by atoms with van der Waals surface area (Å²) in [6, 6.07) is 5.71. The van der Waals surface area contributed by atoms with Gasteiger partial charge in [0, 0.05) is 0 Å². The second-order valence-electron chi connectivity index (χ2n) is 3.86. The van der Waals surface area contributed by atoms with E-state index in [0.717, 1.165) is 0 Å². The van der Waals surface area contributed by atoms with Gasteiger partial charge in [-0.2, -0.15) is 0 Å². The lowest BCUT2D eigenvalue weighted by Gasteiger charge is -2.12. The number of halogens is 1. The molecule has 0 fully saturated rings. The molecule has 4 nitrogen and oxygen atoms in total. The van der Waals surface area contributed by atoms with Gasteiger partial charge < -0.3 is 14.8 Å². The van der Waals surface area contributed by atoms with Crippen LogP contribution >= 0.6 is 0 Å². The Morgan fingerprint density at radius 2 is 2.16 bits per heavy atom. The molecule has 1 atom stereocenters. The summed E-state index contributed by atoms with van der Waals surface area (Å²) in [5.74, 6) is 0.0463. The zero-order chi connectivity index (χ0) is 14.1. The molecular weight excluding hydrogens is 249 g/mol. The number of hydrogen-bond donors (Lipinski definition) is 1. The largest absolute Gasteiger partial charge is 0.492 e. The number of nitrogens with one attached hydrogen (secondary N) is 1. The molecule has 0 aliphatic rings. The van der Waals surface area contributed by atoms with Gasteiger partial charge in [-0.05, 0) is 31.2 Å². The zero-order valence-corrected chi connectivity index (χ0v) is 10.9. The minimum absolute atomic E-state index is 0.204. The van der Waals surface area contributed by atoms with Gasteiger partial charge in [-0.1, -0.05) is 6.08 Å². The van der Waals surface area contributed by atoms with Gasteiger partial charge in [0.25, 0.3) is 0 Å². The summed E-state index contributed by atoms with van der Waals surface area (Å²) < 4.78 is 23.1. The highest BCUT2D eigenvalue weighted by Crippen LogP contribution is 2.10. The van der Waals surface area contributed by atoms with Crippen molar-refractivity contribution in [3.05, 3.63) is 42.7 Å². The Kier molecular flexibility index (Phi) is 6.60. The number of rotatable bonds is 8. The number of amides is 1. The molecule has 104 valence electrons. The fraction of sp³-hybridized carbons (Fsp3) is 0.357. The van der Waals surface area contributed by atoms with Crippen molar-refractivity contribution in [2.24, 2.45) is 0 Å². The van der Waals surface area contributed by atoms with Crippen molar-refractivity contribution in [1.82, 2.24) is 5.32 Å². The van der Waals surface area contributed by atoms with Crippen molar-refractivity contribution in [3.8, 4) is 5.75 Å². The minimum Gasteiger partial charge on any atom is -0.492 e. The van der Waals surface area contributed by atoms with Gasteiger partial charge in [-0.25, -0.2) is 4.39 Å². The molecule has 1 aromatic carbocycles. The molecule has 0 radical (unpaired) electrons. The van der Waals surface area contributed by atoms with Crippen molar-refractivity contribution < 1.29 is 18.7 Å². The van der Waals surface area contributed by atoms with E-state index in [9.17, 15) is 9.18 Å². The zero-order valence-electron chi connectivity index (χ0n) is 10.9. The fourth-order valence-corrected chi connectivity index (χ4v) is 1.31. The molecule has 19 heavy (non-hydrogen) atoms. The van der Waals surface area contributed by atoms with Crippen LogP contribution in [0.5, 0.6) is 5.75 Å². The SMILES string of the molecule is C=CCO[C@@H](C)C(=O)NCCOc1ccc(F)cc1. The molecule has 1 N–H and O–H groups in total. The molecule has 0 saturated heterocycles. The predicted molar refractivity (Wildman–Crippen MR) is 70.5 cm³/mol. The van der Waals surface area contributed by atoms with Crippen molar-refractivity contribution in [2.45, 2.75) is 13.0 Å². The van der Waals surface area contributed by atoms with Crippen LogP contribution in [0.3, 0.4) is 0 Å². The molecule has 0 aliphatic heterocycles. The Bertz CT molecular complexity index is 406. The van der Waals surface area contributed by atoms with E-state index in [1.54, 1.807) is 13.0 Å². The molecule has 0 saturated carbocycles. The molecule has 0 aromatic heterocycles. The summed E-state index contributed by atoms with van der Waals surface area (Å²) in [6.07, 6.45) is 1.06. The van der Waals surface area contributed by atoms with E-state index in [1.165, 1.54) is 24.3 Å². The van der Waals surface area contributed by atoms with Gasteiger partial charge in [-0.15, -0.1) is 6.58 Å². The predicted octanol–water partition coefficient (Wildman–Crippen LogP) is 1.91. The lowest BCUT2D eigenvalue weighted by molar-refractivity contribution is -0.131. The maximum atomic E-state index is 12.6. The monoisotopic (exact) mass is 267 g/mol. The van der Waals surface area contributed by atoms with Crippen LogP contribution in [0.25, 0.3) is 0 Å². The number of carbonyl (C=O) groups is 1. The van der Waals surface area contributed by atoms with E-state index < -0.39 is 6.10 Å². The Morgan fingerprint density at radius 3 is 2.79 bits per heavy atom. The van der Waals surface area contributed by atoms with Crippen LogP contribution in [0.2, 0.25) is 0 Å². The molecule has 0 bridgehead atoms. The third kappa shape index (κ3) is 6.01.